The van der Waals surface area contributed by atoms with Gasteiger partial charge < -0.3 is 33.3 Å². The average Bonchev–Trinajstić information content (AvgIpc) is 4.02. The molecule has 2 fully saturated rings. The number of nitrogens with zero attached hydrogens (tertiary/aromatic N) is 8. The van der Waals surface area contributed by atoms with Crippen LogP contribution in [0.5, 0.6) is 0 Å². The average molecular weight is 904 g/mol. The maximum Gasteiger partial charge on any atom is 0.327 e. The van der Waals surface area contributed by atoms with Crippen molar-refractivity contribution in [1.82, 2.24) is 39.0 Å². The highest BCUT2D eigenvalue weighted by Gasteiger charge is 2.50. The van der Waals surface area contributed by atoms with Gasteiger partial charge in [-0.25, -0.2) is 24.3 Å². The Balaban J connectivity index is 1.09. The number of benzene rings is 1. The number of amides is 2. The minimum absolute atomic E-state index is 0.0795. The Bertz CT molecular complexity index is 2580. The second kappa shape index (κ2) is 19.0. The lowest BCUT2D eigenvalue weighted by Crippen LogP contribution is -2.31. The summed E-state index contributed by atoms with van der Waals surface area (Å²) in [6.45, 7) is 0.498. The number of aromatic nitrogens is 8. The van der Waals surface area contributed by atoms with Crippen LogP contribution in [0.3, 0.4) is 0 Å². The Morgan fingerprint density at radius 3 is 2.57 bits per heavy atom. The second-order valence-corrected chi connectivity index (χ2v) is 17.7. The molecule has 1 aromatic carbocycles. The number of ether oxygens (including phenoxy) is 2. The molecule has 0 saturated carbocycles. The molecule has 2 unspecified atom stereocenters. The molecule has 61 heavy (non-hydrogen) atoms. The van der Waals surface area contributed by atoms with E-state index in [-0.39, 0.29) is 48.3 Å². The summed E-state index contributed by atoms with van der Waals surface area (Å²) in [7, 11) is -3.76. The molecular formula is C35H40FN11O11P2S. The van der Waals surface area contributed by atoms with Crippen LogP contribution >= 0.6 is 15.0 Å². The molecule has 26 heteroatoms. The van der Waals surface area contributed by atoms with Crippen molar-refractivity contribution in [3.05, 3.63) is 65.2 Å². The first-order valence-corrected chi connectivity index (χ1v) is 22.7. The van der Waals surface area contributed by atoms with Gasteiger partial charge in [0, 0.05) is 17.9 Å². The SMILES string of the molecule is CC[C@H]1O[C@@H](n2cnc3c(NC(=O)c4ccccc4)ncnc32)C[C@@H]1OP(=S)(OCCC#N)OC[C@H]1O[C@@H](n2cnc3c(=O)[nH]c(NC(=O)C(C)C)nc32)[C@H](O[PH](=O)O)[C@@H]1F. The zero-order valence-corrected chi connectivity index (χ0v) is 35.3. The summed E-state index contributed by atoms with van der Waals surface area (Å²) in [6, 6.07) is 10.6. The highest BCUT2D eigenvalue weighted by Crippen LogP contribution is 2.55. The summed E-state index contributed by atoms with van der Waals surface area (Å²) in [4.78, 5) is 71.6. The van der Waals surface area contributed by atoms with Gasteiger partial charge in [-0.1, -0.05) is 39.0 Å². The van der Waals surface area contributed by atoms with Crippen LogP contribution < -0.4 is 16.2 Å². The van der Waals surface area contributed by atoms with Crippen molar-refractivity contribution in [3.63, 3.8) is 0 Å². The lowest BCUT2D eigenvalue weighted by molar-refractivity contribution is -0.118. The van der Waals surface area contributed by atoms with Crippen LogP contribution in [0, 0.1) is 17.2 Å². The predicted molar refractivity (Wildman–Crippen MR) is 216 cm³/mol. The first-order chi connectivity index (χ1) is 29.3. The molecule has 7 rings (SSSR count). The van der Waals surface area contributed by atoms with E-state index in [1.165, 1.54) is 12.7 Å². The molecule has 0 spiro atoms. The molecule has 324 valence electrons. The van der Waals surface area contributed by atoms with E-state index in [0.717, 1.165) is 10.9 Å². The molecule has 0 bridgehead atoms. The van der Waals surface area contributed by atoms with E-state index in [1.54, 1.807) is 48.7 Å². The number of halogens is 1. The van der Waals surface area contributed by atoms with E-state index >= 15 is 4.39 Å². The maximum absolute atomic E-state index is 16.2. The highest BCUT2D eigenvalue weighted by molar-refractivity contribution is 8.07. The van der Waals surface area contributed by atoms with Gasteiger partial charge in [-0.3, -0.25) is 42.9 Å². The fourth-order valence-corrected chi connectivity index (χ4v) is 9.24. The number of fused-ring (bicyclic) bond motifs is 2. The summed E-state index contributed by atoms with van der Waals surface area (Å²) in [5.41, 5.74) is 0.0400. The third-order valence-corrected chi connectivity index (χ3v) is 12.5. The third-order valence-electron chi connectivity index (χ3n) is 9.62. The van der Waals surface area contributed by atoms with Crippen LogP contribution in [0.1, 0.15) is 62.8 Å². The largest absolute Gasteiger partial charge is 0.352 e. The summed E-state index contributed by atoms with van der Waals surface area (Å²) in [5.74, 6) is -1.31. The topological polar surface area (TPSA) is 282 Å². The number of nitriles is 1. The highest BCUT2D eigenvalue weighted by atomic mass is 32.5. The third kappa shape index (κ3) is 9.76. The number of carbonyl (C=O) groups is 2. The van der Waals surface area contributed by atoms with Crippen LogP contribution in [0.4, 0.5) is 16.2 Å². The molecule has 2 aliphatic rings. The maximum atomic E-state index is 16.2. The predicted octanol–water partition coefficient (Wildman–Crippen LogP) is 4.06. The van der Waals surface area contributed by atoms with Gasteiger partial charge in [-0.15, -0.1) is 0 Å². The second-order valence-electron chi connectivity index (χ2n) is 14.0. The van der Waals surface area contributed by atoms with Gasteiger partial charge >= 0.3 is 15.0 Å². The van der Waals surface area contributed by atoms with E-state index in [4.69, 9.17) is 39.4 Å². The Hall–Kier alpha value is -4.92. The minimum atomic E-state index is -3.84. The van der Waals surface area contributed by atoms with Crippen LogP contribution in [0.15, 0.2) is 54.1 Å². The lowest BCUT2D eigenvalue weighted by atomic mass is 10.1. The molecule has 4 aromatic heterocycles. The van der Waals surface area contributed by atoms with Gasteiger partial charge in [0.25, 0.3) is 11.5 Å². The van der Waals surface area contributed by atoms with Crippen molar-refractivity contribution in [2.75, 3.05) is 23.8 Å². The number of carbonyl (C=O) groups excluding carboxylic acids is 2. The molecular weight excluding hydrogens is 863 g/mol. The monoisotopic (exact) mass is 903 g/mol. The van der Waals surface area contributed by atoms with E-state index in [9.17, 15) is 29.1 Å². The summed E-state index contributed by atoms with van der Waals surface area (Å²) >= 11 is 5.80. The number of anilines is 2. The molecule has 2 amide bonds. The normalized spacial score (nSPS) is 24.2. The Morgan fingerprint density at radius 2 is 1.85 bits per heavy atom. The van der Waals surface area contributed by atoms with Gasteiger partial charge in [0.1, 0.15) is 24.8 Å². The molecule has 6 heterocycles. The van der Waals surface area contributed by atoms with E-state index in [1.807, 2.05) is 13.0 Å². The number of H-pyrrole nitrogens is 1. The number of rotatable bonds is 17. The summed E-state index contributed by atoms with van der Waals surface area (Å²) in [5, 5.41) is 14.5. The van der Waals surface area contributed by atoms with Gasteiger partial charge in [0.2, 0.25) is 11.9 Å². The first-order valence-electron chi connectivity index (χ1n) is 18.9. The van der Waals surface area contributed by atoms with Crippen molar-refractivity contribution in [2.24, 2.45) is 5.92 Å². The van der Waals surface area contributed by atoms with Crippen molar-refractivity contribution in [3.8, 4) is 6.07 Å². The quantitative estimate of drug-likeness (QED) is 0.0756. The van der Waals surface area contributed by atoms with E-state index in [0.29, 0.717) is 23.1 Å². The zero-order chi connectivity index (χ0) is 43.4. The molecule has 2 saturated heterocycles. The number of alkyl halides is 1. The number of nitrogens with one attached hydrogen (secondary N) is 3. The molecule has 4 N–H and O–H groups in total. The van der Waals surface area contributed by atoms with Gasteiger partial charge in [-0.05, 0) is 30.4 Å². The number of aromatic amines is 1. The van der Waals surface area contributed by atoms with Crippen LogP contribution in [-0.4, -0.2) is 99.5 Å². The molecule has 22 nitrogen and oxygen atoms in total. The van der Waals surface area contributed by atoms with Crippen molar-refractivity contribution in [2.45, 2.75) is 83.1 Å². The Labute approximate surface area is 351 Å². The molecule has 0 aliphatic carbocycles. The van der Waals surface area contributed by atoms with Gasteiger partial charge in [0.05, 0.1) is 50.6 Å². The van der Waals surface area contributed by atoms with Crippen molar-refractivity contribution in [1.29, 1.82) is 5.26 Å². The van der Waals surface area contributed by atoms with Crippen molar-refractivity contribution >= 4 is 72.7 Å². The number of hydrogen-bond donors (Lipinski definition) is 4. The summed E-state index contributed by atoms with van der Waals surface area (Å²) < 4.78 is 66.7. The van der Waals surface area contributed by atoms with Crippen LogP contribution in [0.2, 0.25) is 0 Å². The van der Waals surface area contributed by atoms with Gasteiger partial charge in [-0.2, -0.15) is 10.2 Å². The summed E-state index contributed by atoms with van der Waals surface area (Å²) in [6.07, 6.45) is -4.40. The smallest absolute Gasteiger partial charge is 0.327 e. The van der Waals surface area contributed by atoms with Crippen LogP contribution in [-0.2, 0) is 48.7 Å². The van der Waals surface area contributed by atoms with Crippen LogP contribution in [0.25, 0.3) is 22.3 Å². The molecule has 9 atom stereocenters. The van der Waals surface area contributed by atoms with Gasteiger partial charge in [0.15, 0.2) is 40.5 Å². The first kappa shape index (κ1) is 44.1. The molecule has 0 radical (unpaired) electrons. The Kier molecular flexibility index (Phi) is 13.7. The van der Waals surface area contributed by atoms with E-state index < -0.39 is 82.0 Å². The van der Waals surface area contributed by atoms with Crippen molar-refractivity contribution < 1.29 is 51.0 Å². The molecule has 2 aliphatic heterocycles. The Morgan fingerprint density at radius 1 is 1.10 bits per heavy atom. The fourth-order valence-electron chi connectivity index (χ4n) is 6.63. The minimum Gasteiger partial charge on any atom is -0.352 e. The number of hydrogen-bond acceptors (Lipinski definition) is 17. The van der Waals surface area contributed by atoms with E-state index in [2.05, 4.69) is 40.5 Å². The molecule has 5 aromatic rings. The fraction of sp³-hybridized carbons (Fsp3) is 0.457. The zero-order valence-electron chi connectivity index (χ0n) is 32.6. The lowest BCUT2D eigenvalue weighted by Gasteiger charge is -2.27. The number of imidazole rings is 2. The standard InChI is InChI=1S/C35H40FN11O11P2S/c1-4-20-21(13-23(55-20)46-16-40-25-28(38-15-39-29(25)46)42-32(49)19-9-6-5-7-10-19)58-60(61,53-12-8-11-37)54-14-22-24(36)27(57-59(51)52)34(56-22)47-17-41-26-30(47)43-35(45-33(26)50)44-31(48)18(2)3/h5-7,9-10,15-18,20-24,27,34,59H,4,8,12-14H2,1-3H3,(H,51,52)(H,38,39,42,49)(H2,43,44,45,48,50)/t20-,21+,22-,23-,24-,27-,34-,60?/m1/s1.